The van der Waals surface area contributed by atoms with Crippen LogP contribution in [-0.2, 0) is 19.1 Å². The third-order valence-electron chi connectivity index (χ3n) is 7.43. The third kappa shape index (κ3) is 3.35. The Hall–Kier alpha value is -3.96. The summed E-state index contributed by atoms with van der Waals surface area (Å²) in [7, 11) is 4.21. The van der Waals surface area contributed by atoms with Crippen LogP contribution >= 0.6 is 0 Å². The van der Waals surface area contributed by atoms with Gasteiger partial charge in [0.1, 0.15) is 6.61 Å². The van der Waals surface area contributed by atoms with Gasteiger partial charge in [-0.3, -0.25) is 0 Å². The van der Waals surface area contributed by atoms with Crippen molar-refractivity contribution in [1.29, 1.82) is 0 Å². The number of cyclic esters (lactones) is 1. The zero-order valence-electron chi connectivity index (χ0n) is 21.5. The molecule has 2 N–H and O–H groups in total. The van der Waals surface area contributed by atoms with Crippen molar-refractivity contribution in [2.24, 2.45) is 0 Å². The van der Waals surface area contributed by atoms with Crippen molar-refractivity contribution in [3.8, 4) is 28.7 Å². The molecule has 11 nitrogen and oxygen atoms in total. The topological polar surface area (TPSA) is 139 Å². The molecule has 0 spiro atoms. The van der Waals surface area contributed by atoms with Crippen LogP contribution < -0.4 is 23.7 Å². The van der Waals surface area contributed by atoms with Crippen LogP contribution in [0.5, 0.6) is 28.7 Å². The SMILES string of the molecule is C/C=C(\C)C(=O)O[C@@H]1c2cc(OC)c(OC)c(OC)c2[C@@H](c2ccc3c(c2)OCO3)[C@@]2(O)C(=O)OC[C@@]12O. The molecule has 2 heterocycles. The van der Waals surface area contributed by atoms with E-state index >= 15 is 0 Å². The summed E-state index contributed by atoms with van der Waals surface area (Å²) >= 11 is 0. The Morgan fingerprint density at radius 1 is 1.03 bits per heavy atom. The van der Waals surface area contributed by atoms with E-state index in [0.29, 0.717) is 17.1 Å². The fraction of sp³-hybridized carbons (Fsp3) is 0.407. The molecule has 0 saturated carbocycles. The van der Waals surface area contributed by atoms with Crippen molar-refractivity contribution in [1.82, 2.24) is 0 Å². The normalized spacial score (nSPS) is 27.2. The number of fused-ring (bicyclic) bond motifs is 3. The molecule has 1 aliphatic carbocycles. The zero-order valence-corrected chi connectivity index (χ0v) is 21.5. The number of aliphatic hydroxyl groups is 2. The number of methoxy groups -OCH3 is 3. The predicted molar refractivity (Wildman–Crippen MR) is 130 cm³/mol. The molecule has 0 radical (unpaired) electrons. The quantitative estimate of drug-likeness (QED) is 0.421. The lowest BCUT2D eigenvalue weighted by Gasteiger charge is -2.48. The standard InChI is InChI=1S/C27H28O11/c1-6-13(2)24(28)38-23-15-10-18(32-3)21(33-4)22(34-5)19(15)20(27(31)25(29)35-11-26(23,27)30)14-7-8-16-17(9-14)37-12-36-16/h6-10,20,23,30-31H,11-12H2,1-5H3/b13-6+/t20-,23-,26-,27-/m1/s1. The van der Waals surface area contributed by atoms with Gasteiger partial charge in [0.05, 0.1) is 27.2 Å². The van der Waals surface area contributed by atoms with Crippen LogP contribution in [0.3, 0.4) is 0 Å². The highest BCUT2D eigenvalue weighted by Crippen LogP contribution is 2.62. The number of ether oxygens (including phenoxy) is 7. The lowest BCUT2D eigenvalue weighted by Crippen LogP contribution is -2.65. The van der Waals surface area contributed by atoms with Gasteiger partial charge in [-0.15, -0.1) is 0 Å². The monoisotopic (exact) mass is 528 g/mol. The zero-order chi connectivity index (χ0) is 27.4. The summed E-state index contributed by atoms with van der Waals surface area (Å²) in [5, 5.41) is 24.3. The maximum Gasteiger partial charge on any atom is 0.342 e. The van der Waals surface area contributed by atoms with Gasteiger partial charge in [0.25, 0.3) is 0 Å². The Balaban J connectivity index is 1.86. The Morgan fingerprint density at radius 3 is 2.39 bits per heavy atom. The van der Waals surface area contributed by atoms with Gasteiger partial charge >= 0.3 is 11.9 Å². The summed E-state index contributed by atoms with van der Waals surface area (Å²) in [5.41, 5.74) is -3.86. The van der Waals surface area contributed by atoms with E-state index < -0.39 is 41.8 Å². The Bertz CT molecular complexity index is 1350. The molecular formula is C27H28O11. The number of carbonyl (C=O) groups is 2. The van der Waals surface area contributed by atoms with E-state index in [4.69, 9.17) is 33.2 Å². The number of carbonyl (C=O) groups excluding carboxylic acids is 2. The summed E-state index contributed by atoms with van der Waals surface area (Å²) < 4.78 is 38.8. The van der Waals surface area contributed by atoms with Crippen molar-refractivity contribution in [3.05, 3.63) is 52.6 Å². The number of allylic oxidation sites excluding steroid dienone is 1. The van der Waals surface area contributed by atoms with Crippen molar-refractivity contribution >= 4 is 11.9 Å². The molecule has 1 saturated heterocycles. The van der Waals surface area contributed by atoms with Gasteiger partial charge in [-0.05, 0) is 37.6 Å². The van der Waals surface area contributed by atoms with Gasteiger partial charge in [0.2, 0.25) is 18.1 Å². The van der Waals surface area contributed by atoms with Crippen molar-refractivity contribution < 1.29 is 53.0 Å². The van der Waals surface area contributed by atoms with E-state index in [1.54, 1.807) is 38.1 Å². The van der Waals surface area contributed by atoms with Crippen LogP contribution in [0.2, 0.25) is 0 Å². The van der Waals surface area contributed by atoms with Crippen LogP contribution in [-0.4, -0.2) is 68.1 Å². The molecule has 0 amide bonds. The second-order valence-electron chi connectivity index (χ2n) is 9.22. The van der Waals surface area contributed by atoms with Gasteiger partial charge in [-0.1, -0.05) is 12.1 Å². The Labute approximate surface area is 218 Å². The summed E-state index contributed by atoms with van der Waals surface area (Å²) in [4.78, 5) is 26.3. The second-order valence-corrected chi connectivity index (χ2v) is 9.22. The van der Waals surface area contributed by atoms with Gasteiger partial charge in [-0.2, -0.15) is 0 Å². The maximum atomic E-state index is 13.3. The van der Waals surface area contributed by atoms with Crippen molar-refractivity contribution in [2.45, 2.75) is 37.1 Å². The first-order chi connectivity index (χ1) is 18.2. The lowest BCUT2D eigenvalue weighted by molar-refractivity contribution is -0.208. The molecule has 0 unspecified atom stereocenters. The molecule has 2 aromatic rings. The average molecular weight is 529 g/mol. The van der Waals surface area contributed by atoms with E-state index in [1.807, 2.05) is 0 Å². The number of hydrogen-bond donors (Lipinski definition) is 2. The molecular weight excluding hydrogens is 500 g/mol. The molecule has 202 valence electrons. The number of rotatable bonds is 6. The molecule has 1 fully saturated rings. The molecule has 4 atom stereocenters. The van der Waals surface area contributed by atoms with Crippen LogP contribution in [0.4, 0.5) is 0 Å². The predicted octanol–water partition coefficient (Wildman–Crippen LogP) is 2.16. The first-order valence-electron chi connectivity index (χ1n) is 11.8. The van der Waals surface area contributed by atoms with E-state index in [1.165, 1.54) is 27.4 Å². The maximum absolute atomic E-state index is 13.3. The molecule has 3 aliphatic rings. The van der Waals surface area contributed by atoms with Gasteiger partial charge in [0.15, 0.2) is 34.7 Å². The largest absolute Gasteiger partial charge is 0.493 e. The molecule has 2 aromatic carbocycles. The van der Waals surface area contributed by atoms with Crippen LogP contribution in [0.1, 0.15) is 42.6 Å². The smallest absolute Gasteiger partial charge is 0.342 e. The van der Waals surface area contributed by atoms with Crippen LogP contribution in [0.15, 0.2) is 35.9 Å². The fourth-order valence-electron chi connectivity index (χ4n) is 5.37. The minimum atomic E-state index is -2.60. The highest BCUT2D eigenvalue weighted by atomic mass is 16.7. The van der Waals surface area contributed by atoms with E-state index in [0.717, 1.165) is 0 Å². The highest BCUT2D eigenvalue weighted by Gasteiger charge is 2.74. The van der Waals surface area contributed by atoms with Crippen LogP contribution in [0, 0.1) is 0 Å². The van der Waals surface area contributed by atoms with Gasteiger partial charge in [-0.25, -0.2) is 9.59 Å². The molecule has 5 rings (SSSR count). The lowest BCUT2D eigenvalue weighted by atomic mass is 9.60. The average Bonchev–Trinajstić information content (AvgIpc) is 3.49. The third-order valence-corrected chi connectivity index (χ3v) is 7.43. The van der Waals surface area contributed by atoms with E-state index in [-0.39, 0.29) is 40.7 Å². The molecule has 0 aromatic heterocycles. The summed E-state index contributed by atoms with van der Waals surface area (Å²) in [5.74, 6) is -1.73. The molecule has 38 heavy (non-hydrogen) atoms. The minimum absolute atomic E-state index is 0.00690. The van der Waals surface area contributed by atoms with Crippen molar-refractivity contribution in [2.75, 3.05) is 34.7 Å². The first kappa shape index (κ1) is 25.7. The molecule has 0 bridgehead atoms. The second kappa shape index (κ2) is 9.10. The van der Waals surface area contributed by atoms with E-state index in [2.05, 4.69) is 0 Å². The number of esters is 2. The number of hydrogen-bond acceptors (Lipinski definition) is 11. The molecule has 11 heteroatoms. The highest BCUT2D eigenvalue weighted by molar-refractivity contribution is 5.90. The van der Waals surface area contributed by atoms with Crippen LogP contribution in [0.25, 0.3) is 0 Å². The number of benzene rings is 2. The van der Waals surface area contributed by atoms with Gasteiger partial charge in [0, 0.05) is 16.7 Å². The van der Waals surface area contributed by atoms with E-state index in [9.17, 15) is 19.8 Å². The summed E-state index contributed by atoms with van der Waals surface area (Å²) in [6.07, 6.45) is -0.00114. The Kier molecular flexibility index (Phi) is 6.15. The van der Waals surface area contributed by atoms with Crippen molar-refractivity contribution in [3.63, 3.8) is 0 Å². The summed E-state index contributed by atoms with van der Waals surface area (Å²) in [6, 6.07) is 6.40. The summed E-state index contributed by atoms with van der Waals surface area (Å²) in [6.45, 7) is 2.58. The minimum Gasteiger partial charge on any atom is -0.493 e. The Morgan fingerprint density at radius 2 is 1.74 bits per heavy atom. The fourth-order valence-corrected chi connectivity index (χ4v) is 5.37. The molecule has 2 aliphatic heterocycles. The van der Waals surface area contributed by atoms with Gasteiger partial charge < -0.3 is 43.4 Å². The first-order valence-corrected chi connectivity index (χ1v) is 11.8.